The first kappa shape index (κ1) is 26.1. The van der Waals surface area contributed by atoms with Gasteiger partial charge >= 0.3 is 6.18 Å². The Kier molecular flexibility index (Phi) is 6.83. The van der Waals surface area contributed by atoms with E-state index in [1.165, 1.54) is 0 Å². The van der Waals surface area contributed by atoms with E-state index in [2.05, 4.69) is 16.0 Å². The molecule has 1 aromatic heterocycles. The number of non-ortho nitro benzene ring substituents is 1. The van der Waals surface area contributed by atoms with Crippen molar-refractivity contribution in [1.29, 1.82) is 5.26 Å². The number of rotatable bonds is 4. The molecule has 0 radical (unpaired) electrons. The Labute approximate surface area is 220 Å². The second-order valence-electron chi connectivity index (χ2n) is 10.0. The van der Waals surface area contributed by atoms with Crippen molar-refractivity contribution in [3.63, 3.8) is 0 Å². The quantitative estimate of drug-likeness (QED) is 0.323. The summed E-state index contributed by atoms with van der Waals surface area (Å²) < 4.78 is 39.6. The smallest absolute Gasteiger partial charge is 0.348 e. The van der Waals surface area contributed by atoms with Crippen LogP contribution < -0.4 is 10.5 Å². The normalized spacial score (nSPS) is 18.0. The van der Waals surface area contributed by atoms with Gasteiger partial charge in [0.15, 0.2) is 5.13 Å². The molecule has 0 atom stereocenters. The van der Waals surface area contributed by atoms with Crippen molar-refractivity contribution in [3.8, 4) is 6.07 Å². The minimum Gasteiger partial charge on any atom is -0.348 e. The minimum atomic E-state index is -4.81. The van der Waals surface area contributed by atoms with Crippen molar-refractivity contribution in [2.24, 2.45) is 5.41 Å². The van der Waals surface area contributed by atoms with Crippen LogP contribution in [0, 0.1) is 26.9 Å². The highest BCUT2D eigenvalue weighted by atomic mass is 32.1. The van der Waals surface area contributed by atoms with Gasteiger partial charge in [-0.3, -0.25) is 19.8 Å². The molecule has 2 aliphatic heterocycles. The van der Waals surface area contributed by atoms with Crippen LogP contribution in [-0.4, -0.2) is 41.0 Å². The molecule has 38 heavy (non-hydrogen) atoms. The number of halogens is 3. The van der Waals surface area contributed by atoms with Gasteiger partial charge in [0, 0.05) is 25.7 Å². The topological polar surface area (TPSA) is 103 Å². The number of benzene rings is 2. The number of piperidine rings is 2. The van der Waals surface area contributed by atoms with Gasteiger partial charge in [0.2, 0.25) is 0 Å². The predicted molar refractivity (Wildman–Crippen MR) is 137 cm³/mol. The van der Waals surface area contributed by atoms with Gasteiger partial charge in [-0.25, -0.2) is 0 Å². The Morgan fingerprint density at radius 1 is 1.11 bits per heavy atom. The van der Waals surface area contributed by atoms with Crippen LogP contribution >= 0.6 is 11.3 Å². The van der Waals surface area contributed by atoms with Crippen LogP contribution in [0.3, 0.4) is 0 Å². The van der Waals surface area contributed by atoms with Gasteiger partial charge in [-0.15, -0.1) is 0 Å². The third-order valence-electron chi connectivity index (χ3n) is 7.69. The lowest BCUT2D eigenvalue weighted by Gasteiger charge is -2.47. The maximum atomic E-state index is 13.2. The van der Waals surface area contributed by atoms with Crippen LogP contribution in [0.5, 0.6) is 0 Å². The molecule has 2 saturated heterocycles. The summed E-state index contributed by atoms with van der Waals surface area (Å²) in [5, 5.41) is 20.6. The van der Waals surface area contributed by atoms with E-state index in [1.54, 1.807) is 6.07 Å². The summed E-state index contributed by atoms with van der Waals surface area (Å²) in [6, 6.07) is 10.9. The summed E-state index contributed by atoms with van der Waals surface area (Å²) in [6.45, 7) is 3.90. The van der Waals surface area contributed by atoms with Gasteiger partial charge in [0.05, 0.1) is 27.5 Å². The molecule has 8 nitrogen and oxygen atoms in total. The molecule has 3 heterocycles. The average molecular weight is 544 g/mol. The number of nitro benzene ring substituents is 1. The van der Waals surface area contributed by atoms with Gasteiger partial charge in [0.25, 0.3) is 11.2 Å². The van der Waals surface area contributed by atoms with Crippen molar-refractivity contribution >= 4 is 32.2 Å². The molecule has 1 spiro atoms. The molecule has 3 aromatic rings. The van der Waals surface area contributed by atoms with Crippen molar-refractivity contribution in [3.05, 3.63) is 73.6 Å². The number of nitriles is 1. The van der Waals surface area contributed by atoms with Crippen LogP contribution in [0.2, 0.25) is 0 Å². The lowest BCUT2D eigenvalue weighted by atomic mass is 9.71. The summed E-state index contributed by atoms with van der Waals surface area (Å²) in [7, 11) is 0. The molecule has 0 bridgehead atoms. The second kappa shape index (κ2) is 9.96. The molecule has 2 aliphatic rings. The van der Waals surface area contributed by atoms with Gasteiger partial charge in [-0.2, -0.15) is 23.4 Å². The molecule has 198 valence electrons. The third-order valence-corrected chi connectivity index (χ3v) is 8.85. The van der Waals surface area contributed by atoms with Crippen LogP contribution in [0.15, 0.2) is 41.2 Å². The fourth-order valence-electron chi connectivity index (χ4n) is 5.43. The summed E-state index contributed by atoms with van der Waals surface area (Å²) in [5.74, 6) is 0. The Hall–Kier alpha value is -3.56. The zero-order valence-electron chi connectivity index (χ0n) is 20.3. The van der Waals surface area contributed by atoms with Crippen molar-refractivity contribution in [2.75, 3.05) is 31.1 Å². The summed E-state index contributed by atoms with van der Waals surface area (Å²) in [4.78, 5) is 31.7. The molecule has 12 heteroatoms. The van der Waals surface area contributed by atoms with E-state index in [9.17, 15) is 28.1 Å². The van der Waals surface area contributed by atoms with Crippen LogP contribution in [0.4, 0.5) is 24.0 Å². The predicted octanol–water partition coefficient (Wildman–Crippen LogP) is 5.34. The second-order valence-corrected chi connectivity index (χ2v) is 11.0. The standard InChI is InChI=1S/C26H24F3N5O3S/c27-26(28,29)19-13-20-22(21(14-19)34(36)37)38-24(31-23(20)35)33-10-6-25(7-11-33)4-8-32(9-5-25)16-18-3-1-2-17(12-18)15-30/h1-3,12-14H,4-11,16H2. The van der Waals surface area contributed by atoms with Gasteiger partial charge < -0.3 is 4.90 Å². The largest absolute Gasteiger partial charge is 0.416 e. The van der Waals surface area contributed by atoms with E-state index < -0.39 is 27.9 Å². The number of anilines is 1. The molecular weight excluding hydrogens is 519 g/mol. The zero-order chi connectivity index (χ0) is 27.1. The Morgan fingerprint density at radius 2 is 1.79 bits per heavy atom. The summed E-state index contributed by atoms with van der Waals surface area (Å²) in [6.07, 6.45) is -1.02. The Morgan fingerprint density at radius 3 is 2.42 bits per heavy atom. The Bertz CT molecular complexity index is 1480. The van der Waals surface area contributed by atoms with Gasteiger partial charge in [-0.1, -0.05) is 23.5 Å². The monoisotopic (exact) mass is 543 g/mol. The van der Waals surface area contributed by atoms with Gasteiger partial charge in [0.1, 0.15) is 4.70 Å². The number of fused-ring (bicyclic) bond motifs is 1. The van der Waals surface area contributed by atoms with Crippen molar-refractivity contribution < 1.29 is 18.1 Å². The number of aromatic nitrogens is 1. The minimum absolute atomic E-state index is 0.0907. The highest BCUT2D eigenvalue weighted by Gasteiger charge is 2.39. The summed E-state index contributed by atoms with van der Waals surface area (Å²) in [5.41, 5.74) is -0.933. The van der Waals surface area contributed by atoms with Crippen LogP contribution in [0.1, 0.15) is 42.4 Å². The number of nitrogens with zero attached hydrogens (tertiary/aromatic N) is 5. The number of likely N-dealkylation sites (tertiary alicyclic amines) is 1. The molecule has 0 N–H and O–H groups in total. The van der Waals surface area contributed by atoms with E-state index in [1.807, 2.05) is 23.1 Å². The first-order chi connectivity index (χ1) is 18.1. The highest BCUT2D eigenvalue weighted by Crippen LogP contribution is 2.44. The first-order valence-electron chi connectivity index (χ1n) is 12.2. The first-order valence-corrected chi connectivity index (χ1v) is 13.1. The van der Waals surface area contributed by atoms with Crippen molar-refractivity contribution in [1.82, 2.24) is 9.88 Å². The van der Waals surface area contributed by atoms with E-state index in [4.69, 9.17) is 5.26 Å². The van der Waals surface area contributed by atoms with E-state index in [0.29, 0.717) is 35.9 Å². The number of hydrogen-bond donors (Lipinski definition) is 0. The molecule has 2 fully saturated rings. The lowest BCUT2D eigenvalue weighted by Crippen LogP contribution is -2.46. The summed E-state index contributed by atoms with van der Waals surface area (Å²) >= 11 is 0.896. The molecule has 0 aliphatic carbocycles. The third kappa shape index (κ3) is 5.21. The van der Waals surface area contributed by atoms with E-state index in [0.717, 1.165) is 62.2 Å². The Balaban J connectivity index is 1.29. The molecular formula is C26H24F3N5O3S. The maximum Gasteiger partial charge on any atom is 0.416 e. The van der Waals surface area contributed by atoms with Crippen LogP contribution in [-0.2, 0) is 12.7 Å². The zero-order valence-corrected chi connectivity index (χ0v) is 21.1. The molecule has 0 saturated carbocycles. The molecule has 5 rings (SSSR count). The molecule has 2 aromatic carbocycles. The van der Waals surface area contributed by atoms with E-state index in [-0.39, 0.29) is 15.5 Å². The maximum absolute atomic E-state index is 13.2. The fourth-order valence-corrected chi connectivity index (χ4v) is 6.55. The number of hydrogen-bond acceptors (Lipinski definition) is 8. The molecule has 0 unspecified atom stereocenters. The van der Waals surface area contributed by atoms with E-state index >= 15 is 0 Å². The van der Waals surface area contributed by atoms with Crippen LogP contribution in [0.25, 0.3) is 10.1 Å². The molecule has 0 amide bonds. The number of alkyl halides is 3. The SMILES string of the molecule is N#Cc1cccc(CN2CCC3(CC2)CCN(c2nc(=O)c4cc(C(F)(F)F)cc([N+](=O)[O-])c4s2)CC3)c1. The highest BCUT2D eigenvalue weighted by molar-refractivity contribution is 7.22. The van der Waals surface area contributed by atoms with Gasteiger partial charge in [-0.05, 0) is 68.0 Å². The average Bonchev–Trinajstić information content (AvgIpc) is 2.89. The fraction of sp³-hybridized carbons (Fsp3) is 0.423. The van der Waals surface area contributed by atoms with Crippen molar-refractivity contribution in [2.45, 2.75) is 38.4 Å². The lowest BCUT2D eigenvalue weighted by molar-refractivity contribution is -0.383. The number of nitro groups is 1.